The molecule has 0 aliphatic heterocycles. The molecule has 0 amide bonds. The largest absolute Gasteiger partial charge is 0.397 e. The first-order chi connectivity index (χ1) is 5.79. The molecule has 2 rings (SSSR count). The Labute approximate surface area is 77.8 Å². The first-order valence-corrected chi connectivity index (χ1v) is 4.22. The van der Waals surface area contributed by atoms with E-state index in [4.69, 9.17) is 5.73 Å². The van der Waals surface area contributed by atoms with Crippen LogP contribution in [0, 0.1) is 0 Å². The van der Waals surface area contributed by atoms with E-state index in [0.29, 0.717) is 5.69 Å². The molecule has 0 unspecified atom stereocenters. The molecule has 0 saturated carbocycles. The normalized spacial score (nSPS) is 10.4. The van der Waals surface area contributed by atoms with Gasteiger partial charge < -0.3 is 5.73 Å². The van der Waals surface area contributed by atoms with Crippen molar-refractivity contribution in [3.8, 4) is 0 Å². The second kappa shape index (κ2) is 2.71. The highest BCUT2D eigenvalue weighted by molar-refractivity contribution is 9.10. The van der Waals surface area contributed by atoms with Gasteiger partial charge >= 0.3 is 0 Å². The Balaban J connectivity index is 2.95. The van der Waals surface area contributed by atoms with Crippen LogP contribution in [0.3, 0.4) is 0 Å². The van der Waals surface area contributed by atoms with Crippen molar-refractivity contribution in [2.75, 3.05) is 5.73 Å². The SMILES string of the molecule is Nc1ccc(Br)c2cncnc12. The van der Waals surface area contributed by atoms with E-state index in [-0.39, 0.29) is 0 Å². The molecule has 0 atom stereocenters. The molecule has 1 heterocycles. The van der Waals surface area contributed by atoms with Crippen molar-refractivity contribution in [2.45, 2.75) is 0 Å². The van der Waals surface area contributed by atoms with E-state index in [1.54, 1.807) is 6.20 Å². The maximum absolute atomic E-state index is 5.71. The van der Waals surface area contributed by atoms with Crippen LogP contribution in [-0.4, -0.2) is 9.97 Å². The van der Waals surface area contributed by atoms with E-state index < -0.39 is 0 Å². The monoisotopic (exact) mass is 223 g/mol. The summed E-state index contributed by atoms with van der Waals surface area (Å²) in [4.78, 5) is 7.99. The molecule has 12 heavy (non-hydrogen) atoms. The van der Waals surface area contributed by atoms with Crippen LogP contribution in [0.4, 0.5) is 5.69 Å². The molecular weight excluding hydrogens is 218 g/mol. The van der Waals surface area contributed by atoms with E-state index in [2.05, 4.69) is 25.9 Å². The second-order valence-corrected chi connectivity index (χ2v) is 3.28. The predicted octanol–water partition coefficient (Wildman–Crippen LogP) is 1.97. The number of hydrogen-bond donors (Lipinski definition) is 1. The van der Waals surface area contributed by atoms with Crippen LogP contribution in [0.2, 0.25) is 0 Å². The van der Waals surface area contributed by atoms with Gasteiger partial charge in [0, 0.05) is 16.1 Å². The van der Waals surface area contributed by atoms with Crippen molar-refractivity contribution >= 4 is 32.5 Å². The Morgan fingerprint density at radius 2 is 2.17 bits per heavy atom. The third-order valence-electron chi connectivity index (χ3n) is 1.65. The minimum atomic E-state index is 0.676. The van der Waals surface area contributed by atoms with E-state index in [1.165, 1.54) is 6.33 Å². The van der Waals surface area contributed by atoms with Crippen LogP contribution in [-0.2, 0) is 0 Å². The van der Waals surface area contributed by atoms with E-state index in [1.807, 2.05) is 12.1 Å². The zero-order chi connectivity index (χ0) is 8.55. The maximum Gasteiger partial charge on any atom is 0.116 e. The second-order valence-electron chi connectivity index (χ2n) is 2.42. The van der Waals surface area contributed by atoms with Crippen molar-refractivity contribution < 1.29 is 0 Å². The molecule has 2 aromatic rings. The van der Waals surface area contributed by atoms with Gasteiger partial charge in [-0.15, -0.1) is 0 Å². The zero-order valence-corrected chi connectivity index (χ0v) is 7.75. The maximum atomic E-state index is 5.71. The standard InChI is InChI=1S/C8H6BrN3/c9-6-1-2-7(10)8-5(6)3-11-4-12-8/h1-4H,10H2. The summed E-state index contributed by atoms with van der Waals surface area (Å²) in [5.74, 6) is 0. The Morgan fingerprint density at radius 3 is 2.92 bits per heavy atom. The van der Waals surface area contributed by atoms with Crippen LogP contribution in [0.25, 0.3) is 10.9 Å². The highest BCUT2D eigenvalue weighted by Crippen LogP contribution is 2.25. The van der Waals surface area contributed by atoms with Crippen molar-refractivity contribution in [1.82, 2.24) is 9.97 Å². The molecule has 0 fully saturated rings. The zero-order valence-electron chi connectivity index (χ0n) is 6.16. The summed E-state index contributed by atoms with van der Waals surface area (Å²) in [6.45, 7) is 0. The van der Waals surface area contributed by atoms with Gasteiger partial charge in [0.15, 0.2) is 0 Å². The lowest BCUT2D eigenvalue weighted by atomic mass is 10.2. The van der Waals surface area contributed by atoms with Gasteiger partial charge in [0.2, 0.25) is 0 Å². The van der Waals surface area contributed by atoms with Gasteiger partial charge in [-0.25, -0.2) is 9.97 Å². The smallest absolute Gasteiger partial charge is 0.116 e. The molecule has 1 aromatic heterocycles. The van der Waals surface area contributed by atoms with Gasteiger partial charge in [0.25, 0.3) is 0 Å². The highest BCUT2D eigenvalue weighted by Gasteiger charge is 2.01. The summed E-state index contributed by atoms with van der Waals surface area (Å²) < 4.78 is 0.965. The fourth-order valence-corrected chi connectivity index (χ4v) is 1.49. The molecule has 0 spiro atoms. The number of nitrogen functional groups attached to an aromatic ring is 1. The Morgan fingerprint density at radius 1 is 1.33 bits per heavy atom. The van der Waals surface area contributed by atoms with Crippen molar-refractivity contribution in [3.05, 3.63) is 29.1 Å². The Bertz CT molecular complexity index is 387. The van der Waals surface area contributed by atoms with Gasteiger partial charge in [0.05, 0.1) is 11.2 Å². The molecule has 3 nitrogen and oxygen atoms in total. The molecule has 0 radical (unpaired) electrons. The lowest BCUT2D eigenvalue weighted by Crippen LogP contribution is -1.90. The topological polar surface area (TPSA) is 51.8 Å². The molecule has 4 heteroatoms. The lowest BCUT2D eigenvalue weighted by Gasteiger charge is -2.00. The number of rotatable bonds is 0. The van der Waals surface area contributed by atoms with Crippen LogP contribution < -0.4 is 5.73 Å². The summed E-state index contributed by atoms with van der Waals surface area (Å²) in [6.07, 6.45) is 3.23. The summed E-state index contributed by atoms with van der Waals surface area (Å²) in [5.41, 5.74) is 7.18. The molecule has 2 N–H and O–H groups in total. The fourth-order valence-electron chi connectivity index (χ4n) is 1.07. The molecular formula is C8H6BrN3. The molecule has 0 aliphatic carbocycles. The number of fused-ring (bicyclic) bond motifs is 1. The van der Waals surface area contributed by atoms with Crippen molar-refractivity contribution in [2.24, 2.45) is 0 Å². The summed E-state index contributed by atoms with van der Waals surface area (Å²) >= 11 is 3.40. The molecule has 0 saturated heterocycles. The van der Waals surface area contributed by atoms with Crippen LogP contribution in [0.5, 0.6) is 0 Å². The average molecular weight is 224 g/mol. The van der Waals surface area contributed by atoms with E-state index in [9.17, 15) is 0 Å². The van der Waals surface area contributed by atoms with Crippen LogP contribution in [0.1, 0.15) is 0 Å². The van der Waals surface area contributed by atoms with Gasteiger partial charge in [-0.05, 0) is 12.1 Å². The van der Waals surface area contributed by atoms with Gasteiger partial charge in [0.1, 0.15) is 6.33 Å². The van der Waals surface area contributed by atoms with E-state index in [0.717, 1.165) is 15.4 Å². The minimum Gasteiger partial charge on any atom is -0.397 e. The Kier molecular flexibility index (Phi) is 1.69. The number of anilines is 1. The number of hydrogen-bond acceptors (Lipinski definition) is 3. The average Bonchev–Trinajstić information content (AvgIpc) is 2.12. The number of nitrogens with zero attached hydrogens (tertiary/aromatic N) is 2. The predicted molar refractivity (Wildman–Crippen MR) is 51.7 cm³/mol. The van der Waals surface area contributed by atoms with Crippen molar-refractivity contribution in [3.63, 3.8) is 0 Å². The van der Waals surface area contributed by atoms with Crippen molar-refractivity contribution in [1.29, 1.82) is 0 Å². The first-order valence-electron chi connectivity index (χ1n) is 3.43. The number of nitrogens with two attached hydrogens (primary N) is 1. The fraction of sp³-hybridized carbons (Fsp3) is 0. The minimum absolute atomic E-state index is 0.676. The third kappa shape index (κ3) is 1.04. The summed E-state index contributed by atoms with van der Waals surface area (Å²) in [7, 11) is 0. The van der Waals surface area contributed by atoms with Crippen LogP contribution in [0.15, 0.2) is 29.1 Å². The molecule has 60 valence electrons. The number of halogens is 1. The van der Waals surface area contributed by atoms with Gasteiger partial charge in [-0.2, -0.15) is 0 Å². The van der Waals surface area contributed by atoms with E-state index >= 15 is 0 Å². The molecule has 0 aliphatic rings. The number of aromatic nitrogens is 2. The summed E-state index contributed by atoms with van der Waals surface area (Å²) in [6, 6.07) is 3.71. The van der Waals surface area contributed by atoms with Gasteiger partial charge in [-0.1, -0.05) is 15.9 Å². The van der Waals surface area contributed by atoms with Gasteiger partial charge in [-0.3, -0.25) is 0 Å². The summed E-state index contributed by atoms with van der Waals surface area (Å²) in [5, 5.41) is 0.942. The molecule has 1 aromatic carbocycles. The lowest BCUT2D eigenvalue weighted by molar-refractivity contribution is 1.22. The first kappa shape index (κ1) is 7.49. The quantitative estimate of drug-likeness (QED) is 0.696. The number of benzene rings is 1. The third-order valence-corrected chi connectivity index (χ3v) is 2.34. The Hall–Kier alpha value is -1.16. The van der Waals surface area contributed by atoms with Crippen LogP contribution >= 0.6 is 15.9 Å². The highest BCUT2D eigenvalue weighted by atomic mass is 79.9. The molecule has 0 bridgehead atoms.